The van der Waals surface area contributed by atoms with Gasteiger partial charge in [-0.15, -0.1) is 0 Å². The van der Waals surface area contributed by atoms with Crippen LogP contribution < -0.4 is 0 Å². The van der Waals surface area contributed by atoms with Crippen molar-refractivity contribution in [3.63, 3.8) is 0 Å². The fourth-order valence-corrected chi connectivity index (χ4v) is 3.01. The van der Waals surface area contributed by atoms with Crippen molar-refractivity contribution in [2.75, 3.05) is 18.8 Å². The standard InChI is InChI=1S/C9H18N2O2S/c1-4-11(7-5-6-10)14(12,13)8-9(2)3/h9H,4-5,7-8H2,1-3H3. The van der Waals surface area contributed by atoms with E-state index in [9.17, 15) is 8.42 Å². The Kier molecular flexibility index (Phi) is 5.73. The Bertz CT molecular complexity index is 290. The van der Waals surface area contributed by atoms with Crippen LogP contribution in [0.2, 0.25) is 0 Å². The van der Waals surface area contributed by atoms with Crippen LogP contribution >= 0.6 is 0 Å². The predicted molar refractivity (Wildman–Crippen MR) is 56.1 cm³/mol. The minimum Gasteiger partial charge on any atom is -0.212 e. The van der Waals surface area contributed by atoms with Gasteiger partial charge in [-0.3, -0.25) is 0 Å². The van der Waals surface area contributed by atoms with E-state index < -0.39 is 10.0 Å². The van der Waals surface area contributed by atoms with E-state index in [0.29, 0.717) is 13.1 Å². The molecule has 0 aliphatic rings. The predicted octanol–water partition coefficient (Wildman–Crippen LogP) is 1.21. The number of rotatable bonds is 6. The van der Waals surface area contributed by atoms with Crippen molar-refractivity contribution in [1.29, 1.82) is 5.26 Å². The van der Waals surface area contributed by atoms with Gasteiger partial charge in [0.2, 0.25) is 10.0 Å². The fraction of sp³-hybridized carbons (Fsp3) is 0.889. The summed E-state index contributed by atoms with van der Waals surface area (Å²) in [5.74, 6) is 0.280. The maximum absolute atomic E-state index is 11.7. The van der Waals surface area contributed by atoms with Crippen LogP contribution in [0.5, 0.6) is 0 Å². The van der Waals surface area contributed by atoms with Crippen molar-refractivity contribution in [1.82, 2.24) is 4.31 Å². The van der Waals surface area contributed by atoms with Crippen LogP contribution in [-0.4, -0.2) is 31.6 Å². The molecule has 0 heterocycles. The molecule has 0 atom stereocenters. The van der Waals surface area contributed by atoms with Crippen molar-refractivity contribution in [3.05, 3.63) is 0 Å². The molecule has 0 N–H and O–H groups in total. The highest BCUT2D eigenvalue weighted by molar-refractivity contribution is 7.89. The van der Waals surface area contributed by atoms with Gasteiger partial charge in [-0.05, 0) is 5.92 Å². The zero-order valence-corrected chi connectivity index (χ0v) is 9.84. The van der Waals surface area contributed by atoms with E-state index in [-0.39, 0.29) is 18.1 Å². The Morgan fingerprint density at radius 1 is 1.43 bits per heavy atom. The van der Waals surface area contributed by atoms with Gasteiger partial charge in [0.25, 0.3) is 0 Å². The van der Waals surface area contributed by atoms with Crippen LogP contribution in [0.3, 0.4) is 0 Å². The molecule has 0 bridgehead atoms. The first kappa shape index (κ1) is 13.4. The van der Waals surface area contributed by atoms with Gasteiger partial charge < -0.3 is 0 Å². The van der Waals surface area contributed by atoms with Gasteiger partial charge in [-0.2, -0.15) is 5.26 Å². The van der Waals surface area contributed by atoms with Gasteiger partial charge in [0.1, 0.15) is 0 Å². The lowest BCUT2D eigenvalue weighted by Gasteiger charge is -2.20. The summed E-state index contributed by atoms with van der Waals surface area (Å²) in [7, 11) is -3.16. The molecular formula is C9H18N2O2S. The summed E-state index contributed by atoms with van der Waals surface area (Å²) < 4.78 is 24.8. The average molecular weight is 218 g/mol. The topological polar surface area (TPSA) is 61.2 Å². The molecule has 0 rings (SSSR count). The van der Waals surface area contributed by atoms with Crippen LogP contribution in [-0.2, 0) is 10.0 Å². The summed E-state index contributed by atoms with van der Waals surface area (Å²) in [6.45, 7) is 6.28. The molecule has 0 aliphatic heterocycles. The molecule has 4 nitrogen and oxygen atoms in total. The minimum atomic E-state index is -3.16. The summed E-state index contributed by atoms with van der Waals surface area (Å²) in [5.41, 5.74) is 0. The molecule has 0 fully saturated rings. The van der Waals surface area contributed by atoms with E-state index >= 15 is 0 Å². The van der Waals surface area contributed by atoms with Crippen LogP contribution in [0.25, 0.3) is 0 Å². The maximum Gasteiger partial charge on any atom is 0.214 e. The zero-order valence-electron chi connectivity index (χ0n) is 9.02. The van der Waals surface area contributed by atoms with Gasteiger partial charge in [-0.1, -0.05) is 20.8 Å². The highest BCUT2D eigenvalue weighted by Gasteiger charge is 2.20. The maximum atomic E-state index is 11.7. The summed E-state index contributed by atoms with van der Waals surface area (Å²) >= 11 is 0. The van der Waals surface area contributed by atoms with Gasteiger partial charge >= 0.3 is 0 Å². The van der Waals surface area contributed by atoms with Gasteiger partial charge in [0, 0.05) is 19.5 Å². The highest BCUT2D eigenvalue weighted by atomic mass is 32.2. The Hall–Kier alpha value is -0.600. The molecule has 0 amide bonds. The molecule has 5 heteroatoms. The van der Waals surface area contributed by atoms with Crippen molar-refractivity contribution >= 4 is 10.0 Å². The lowest BCUT2D eigenvalue weighted by atomic mass is 10.3. The number of hydrogen-bond acceptors (Lipinski definition) is 3. The van der Waals surface area contributed by atoms with Crippen molar-refractivity contribution in [2.45, 2.75) is 27.2 Å². The molecule has 0 aliphatic carbocycles. The van der Waals surface area contributed by atoms with E-state index in [1.54, 1.807) is 6.92 Å². The molecule has 0 aromatic heterocycles. The fourth-order valence-electron chi connectivity index (χ4n) is 1.20. The molecular weight excluding hydrogens is 200 g/mol. The van der Waals surface area contributed by atoms with Crippen LogP contribution in [0.15, 0.2) is 0 Å². The number of nitrogens with zero attached hydrogens (tertiary/aromatic N) is 2. The third kappa shape index (κ3) is 4.58. The first-order valence-electron chi connectivity index (χ1n) is 4.78. The van der Waals surface area contributed by atoms with Gasteiger partial charge in [0.15, 0.2) is 0 Å². The highest BCUT2D eigenvalue weighted by Crippen LogP contribution is 2.07. The molecule has 0 unspecified atom stereocenters. The van der Waals surface area contributed by atoms with Crippen LogP contribution in [0.4, 0.5) is 0 Å². The Balaban J connectivity index is 4.43. The normalized spacial score (nSPS) is 12.0. The van der Waals surface area contributed by atoms with E-state index in [4.69, 9.17) is 5.26 Å². The monoisotopic (exact) mass is 218 g/mol. The molecule has 14 heavy (non-hydrogen) atoms. The van der Waals surface area contributed by atoms with Crippen molar-refractivity contribution in [2.24, 2.45) is 5.92 Å². The van der Waals surface area contributed by atoms with Crippen LogP contribution in [0, 0.1) is 17.2 Å². The first-order chi connectivity index (χ1) is 6.44. The molecule has 0 radical (unpaired) electrons. The lowest BCUT2D eigenvalue weighted by Crippen LogP contribution is -2.35. The first-order valence-corrected chi connectivity index (χ1v) is 6.39. The second kappa shape index (κ2) is 5.99. The summed E-state index contributed by atoms with van der Waals surface area (Å²) in [6.07, 6.45) is 0.255. The number of sulfonamides is 1. The van der Waals surface area contributed by atoms with E-state index in [2.05, 4.69) is 0 Å². The SMILES string of the molecule is CCN(CCC#N)S(=O)(=O)CC(C)C. The van der Waals surface area contributed by atoms with Gasteiger partial charge in [-0.25, -0.2) is 12.7 Å². The van der Waals surface area contributed by atoms with Crippen LogP contribution in [0.1, 0.15) is 27.2 Å². The summed E-state index contributed by atoms with van der Waals surface area (Å²) in [6, 6.07) is 1.95. The van der Waals surface area contributed by atoms with Crippen molar-refractivity contribution < 1.29 is 8.42 Å². The second-order valence-electron chi connectivity index (χ2n) is 3.57. The quantitative estimate of drug-likeness (QED) is 0.673. The molecule has 0 aromatic rings. The Labute approximate surface area is 86.6 Å². The van der Waals surface area contributed by atoms with Crippen molar-refractivity contribution in [3.8, 4) is 6.07 Å². The zero-order chi connectivity index (χ0) is 11.2. The Morgan fingerprint density at radius 3 is 2.36 bits per heavy atom. The lowest BCUT2D eigenvalue weighted by molar-refractivity contribution is 0.430. The largest absolute Gasteiger partial charge is 0.214 e. The molecule has 82 valence electrons. The van der Waals surface area contributed by atoms with E-state index in [1.165, 1.54) is 4.31 Å². The third-order valence-corrected chi connectivity index (χ3v) is 4.08. The smallest absolute Gasteiger partial charge is 0.212 e. The molecule has 0 spiro atoms. The van der Waals surface area contributed by atoms with Gasteiger partial charge in [0.05, 0.1) is 11.8 Å². The van der Waals surface area contributed by atoms with E-state index in [1.807, 2.05) is 19.9 Å². The average Bonchev–Trinajstić information content (AvgIpc) is 2.02. The molecule has 0 aromatic carbocycles. The third-order valence-electron chi connectivity index (χ3n) is 1.76. The number of hydrogen-bond donors (Lipinski definition) is 0. The number of nitriles is 1. The second-order valence-corrected chi connectivity index (χ2v) is 5.59. The summed E-state index contributed by atoms with van der Waals surface area (Å²) in [4.78, 5) is 0. The van der Waals surface area contributed by atoms with E-state index in [0.717, 1.165) is 0 Å². The summed E-state index contributed by atoms with van der Waals surface area (Å²) in [5, 5.41) is 8.39. The Morgan fingerprint density at radius 2 is 2.00 bits per heavy atom. The molecule has 0 saturated heterocycles. The minimum absolute atomic E-state index is 0.121. The molecule has 0 saturated carbocycles.